The number of hydrogen-bond acceptors (Lipinski definition) is 5. The summed E-state index contributed by atoms with van der Waals surface area (Å²) >= 11 is 1.74. The largest absolute Gasteiger partial charge is 0.497 e. The molecule has 1 amide bonds. The van der Waals surface area contributed by atoms with Crippen molar-refractivity contribution < 1.29 is 14.3 Å². The van der Waals surface area contributed by atoms with E-state index in [1.54, 1.807) is 26.0 Å². The normalized spacial score (nSPS) is 10.8. The van der Waals surface area contributed by atoms with Crippen molar-refractivity contribution in [3.63, 3.8) is 0 Å². The molecule has 0 spiro atoms. The highest BCUT2D eigenvalue weighted by Gasteiger charge is 2.20. The Morgan fingerprint density at radius 2 is 1.54 bits per heavy atom. The maximum atomic E-state index is 12.3. The highest BCUT2D eigenvalue weighted by molar-refractivity contribution is 7.99. The molecule has 7 heteroatoms. The van der Waals surface area contributed by atoms with Crippen molar-refractivity contribution in [3.05, 3.63) is 84.4 Å². The summed E-state index contributed by atoms with van der Waals surface area (Å²) in [5.74, 6) is 2.61. The Kier molecular flexibility index (Phi) is 10.5. The number of amides is 1. The van der Waals surface area contributed by atoms with Gasteiger partial charge < -0.3 is 19.4 Å². The Labute approximate surface area is 235 Å². The SMILES string of the molecule is CCCn1c(SCCCNC(=O)CCc2ccccc2)nc(-c2ccc(OC)cc2)c1-c1ccc(OC)cc1. The number of thioether (sulfide) groups is 1. The minimum Gasteiger partial charge on any atom is -0.497 e. The Balaban J connectivity index is 1.46. The van der Waals surface area contributed by atoms with Gasteiger partial charge in [-0.1, -0.05) is 49.0 Å². The van der Waals surface area contributed by atoms with Gasteiger partial charge in [-0.05, 0) is 73.4 Å². The number of nitrogens with zero attached hydrogens (tertiary/aromatic N) is 2. The Bertz CT molecular complexity index is 1320. The van der Waals surface area contributed by atoms with Gasteiger partial charge in [-0.2, -0.15) is 0 Å². The summed E-state index contributed by atoms with van der Waals surface area (Å²) in [6.45, 7) is 3.71. The van der Waals surface area contributed by atoms with Crippen LogP contribution in [0, 0.1) is 0 Å². The number of methoxy groups -OCH3 is 2. The number of carbonyl (C=O) groups is 1. The van der Waals surface area contributed by atoms with Crippen molar-refractivity contribution in [1.29, 1.82) is 0 Å². The first-order valence-electron chi connectivity index (χ1n) is 13.5. The van der Waals surface area contributed by atoms with Gasteiger partial charge in [0.15, 0.2) is 5.16 Å². The molecule has 4 aromatic rings. The third-order valence-corrected chi connectivity index (χ3v) is 7.53. The molecule has 0 fully saturated rings. The number of aromatic nitrogens is 2. The first-order valence-corrected chi connectivity index (χ1v) is 14.4. The molecule has 0 aliphatic heterocycles. The van der Waals surface area contributed by atoms with Gasteiger partial charge in [0.1, 0.15) is 11.5 Å². The van der Waals surface area contributed by atoms with Gasteiger partial charge in [-0.25, -0.2) is 4.98 Å². The molecule has 6 nitrogen and oxygen atoms in total. The van der Waals surface area contributed by atoms with Crippen LogP contribution in [-0.2, 0) is 17.8 Å². The van der Waals surface area contributed by atoms with E-state index in [1.165, 1.54) is 5.56 Å². The van der Waals surface area contributed by atoms with Crippen LogP contribution in [0.15, 0.2) is 84.0 Å². The van der Waals surface area contributed by atoms with Gasteiger partial charge in [-0.3, -0.25) is 4.79 Å². The highest BCUT2D eigenvalue weighted by atomic mass is 32.2. The van der Waals surface area contributed by atoms with Gasteiger partial charge in [0.05, 0.1) is 25.6 Å². The summed E-state index contributed by atoms with van der Waals surface area (Å²) < 4.78 is 13.1. The molecule has 0 bridgehead atoms. The highest BCUT2D eigenvalue weighted by Crippen LogP contribution is 2.37. The molecule has 0 radical (unpaired) electrons. The molecule has 3 aromatic carbocycles. The topological polar surface area (TPSA) is 65.4 Å². The predicted octanol–water partition coefficient (Wildman–Crippen LogP) is 6.88. The molecule has 0 aliphatic carbocycles. The Morgan fingerprint density at radius 3 is 2.15 bits per heavy atom. The summed E-state index contributed by atoms with van der Waals surface area (Å²) in [5, 5.41) is 4.06. The summed E-state index contributed by atoms with van der Waals surface area (Å²) in [6, 6.07) is 26.3. The molecule has 0 saturated carbocycles. The van der Waals surface area contributed by atoms with Crippen LogP contribution in [-0.4, -0.2) is 42.0 Å². The lowest BCUT2D eigenvalue weighted by atomic mass is 10.0. The minimum atomic E-state index is 0.0971. The standard InChI is InChI=1S/C32H37N3O3S/c1-4-22-35-31(26-14-18-28(38-3)19-15-26)30(25-12-16-27(37-2)17-13-25)34-32(35)39-23-8-21-33-29(36)20-11-24-9-6-5-7-10-24/h5-7,9-10,12-19H,4,8,11,20-23H2,1-3H3,(H,33,36). The van der Waals surface area contributed by atoms with Crippen LogP contribution in [0.25, 0.3) is 22.5 Å². The minimum absolute atomic E-state index is 0.0971. The van der Waals surface area contributed by atoms with E-state index in [4.69, 9.17) is 14.5 Å². The van der Waals surface area contributed by atoms with Crippen LogP contribution >= 0.6 is 11.8 Å². The van der Waals surface area contributed by atoms with E-state index in [0.717, 1.165) is 70.7 Å². The lowest BCUT2D eigenvalue weighted by Crippen LogP contribution is -2.25. The number of hydrogen-bond donors (Lipinski definition) is 1. The van der Waals surface area contributed by atoms with E-state index < -0.39 is 0 Å². The smallest absolute Gasteiger partial charge is 0.220 e. The monoisotopic (exact) mass is 543 g/mol. The molecular weight excluding hydrogens is 506 g/mol. The third-order valence-electron chi connectivity index (χ3n) is 6.46. The van der Waals surface area contributed by atoms with Crippen molar-refractivity contribution >= 4 is 17.7 Å². The van der Waals surface area contributed by atoms with E-state index >= 15 is 0 Å². The second-order valence-electron chi connectivity index (χ2n) is 9.24. The van der Waals surface area contributed by atoms with Crippen molar-refractivity contribution in [1.82, 2.24) is 14.9 Å². The van der Waals surface area contributed by atoms with Crippen molar-refractivity contribution in [2.45, 2.75) is 44.3 Å². The lowest BCUT2D eigenvalue weighted by molar-refractivity contribution is -0.121. The summed E-state index contributed by atoms with van der Waals surface area (Å²) in [4.78, 5) is 17.4. The van der Waals surface area contributed by atoms with Gasteiger partial charge in [0.2, 0.25) is 5.91 Å². The second-order valence-corrected chi connectivity index (χ2v) is 10.3. The zero-order valence-corrected chi connectivity index (χ0v) is 23.8. The van der Waals surface area contributed by atoms with Gasteiger partial charge >= 0.3 is 0 Å². The number of benzene rings is 3. The maximum absolute atomic E-state index is 12.3. The average Bonchev–Trinajstić information content (AvgIpc) is 3.34. The number of aryl methyl sites for hydroxylation is 1. The molecule has 0 atom stereocenters. The van der Waals surface area contributed by atoms with E-state index in [0.29, 0.717) is 13.0 Å². The number of imidazole rings is 1. The molecule has 39 heavy (non-hydrogen) atoms. The molecule has 0 saturated heterocycles. The van der Waals surface area contributed by atoms with Crippen LogP contribution in [0.4, 0.5) is 0 Å². The van der Waals surface area contributed by atoms with Crippen molar-refractivity contribution in [3.8, 4) is 34.0 Å². The van der Waals surface area contributed by atoms with E-state index in [-0.39, 0.29) is 5.91 Å². The molecule has 204 valence electrons. The fourth-order valence-electron chi connectivity index (χ4n) is 4.42. The number of rotatable bonds is 14. The molecule has 1 N–H and O–H groups in total. The molecule has 1 aromatic heterocycles. The van der Waals surface area contributed by atoms with Crippen LogP contribution in [0.2, 0.25) is 0 Å². The number of nitrogens with one attached hydrogen (secondary N) is 1. The van der Waals surface area contributed by atoms with Crippen LogP contribution in [0.3, 0.4) is 0 Å². The van der Waals surface area contributed by atoms with Crippen LogP contribution in [0.5, 0.6) is 11.5 Å². The van der Waals surface area contributed by atoms with Gasteiger partial charge in [-0.15, -0.1) is 0 Å². The Morgan fingerprint density at radius 1 is 0.897 bits per heavy atom. The molecule has 1 heterocycles. The molecular formula is C32H37N3O3S. The fraction of sp³-hybridized carbons (Fsp3) is 0.312. The molecule has 0 unspecified atom stereocenters. The summed E-state index contributed by atoms with van der Waals surface area (Å²) in [5.41, 5.74) is 5.38. The van der Waals surface area contributed by atoms with E-state index in [1.807, 2.05) is 42.5 Å². The number of ether oxygens (including phenoxy) is 2. The fourth-order valence-corrected chi connectivity index (χ4v) is 5.39. The second kappa shape index (κ2) is 14.4. The average molecular weight is 544 g/mol. The third kappa shape index (κ3) is 7.67. The van der Waals surface area contributed by atoms with Crippen LogP contribution < -0.4 is 14.8 Å². The van der Waals surface area contributed by atoms with Gasteiger partial charge in [0, 0.05) is 36.4 Å². The van der Waals surface area contributed by atoms with Crippen LogP contribution in [0.1, 0.15) is 31.7 Å². The van der Waals surface area contributed by atoms with Crippen molar-refractivity contribution in [2.75, 3.05) is 26.5 Å². The molecule has 4 rings (SSSR count). The quantitative estimate of drug-likeness (QED) is 0.139. The summed E-state index contributed by atoms with van der Waals surface area (Å²) in [6.07, 6.45) is 3.13. The number of carbonyl (C=O) groups excluding carboxylic acids is 1. The maximum Gasteiger partial charge on any atom is 0.220 e. The first kappa shape index (κ1) is 28.3. The van der Waals surface area contributed by atoms with E-state index in [9.17, 15) is 4.79 Å². The lowest BCUT2D eigenvalue weighted by Gasteiger charge is -2.13. The summed E-state index contributed by atoms with van der Waals surface area (Å²) in [7, 11) is 3.35. The molecule has 0 aliphatic rings. The van der Waals surface area contributed by atoms with E-state index in [2.05, 4.69) is 53.2 Å². The zero-order valence-electron chi connectivity index (χ0n) is 23.0. The Hall–Kier alpha value is -3.71. The predicted molar refractivity (Wildman–Crippen MR) is 160 cm³/mol. The van der Waals surface area contributed by atoms with Gasteiger partial charge in [0.25, 0.3) is 0 Å². The van der Waals surface area contributed by atoms with Crippen molar-refractivity contribution in [2.24, 2.45) is 0 Å². The zero-order chi connectivity index (χ0) is 27.5. The first-order chi connectivity index (χ1) is 19.1.